The number of halogens is 2. The van der Waals surface area contributed by atoms with Crippen LogP contribution in [-0.4, -0.2) is 21.0 Å². The average molecular weight is 328 g/mol. The maximum absolute atomic E-state index is 14.1. The Morgan fingerprint density at radius 3 is 2.71 bits per heavy atom. The van der Waals surface area contributed by atoms with E-state index in [1.807, 2.05) is 19.2 Å². The highest BCUT2D eigenvalue weighted by Gasteiger charge is 2.32. The van der Waals surface area contributed by atoms with E-state index >= 15 is 0 Å². The van der Waals surface area contributed by atoms with Gasteiger partial charge in [0.05, 0.1) is 17.2 Å². The molecule has 3 heterocycles. The molecule has 0 saturated carbocycles. The van der Waals surface area contributed by atoms with Crippen LogP contribution in [0.15, 0.2) is 36.7 Å². The number of nitrogens with one attached hydrogen (secondary N) is 2. The summed E-state index contributed by atoms with van der Waals surface area (Å²) in [6, 6.07) is 5.64. The number of fused-ring (bicyclic) bond motifs is 1. The molecule has 0 aliphatic carbocycles. The summed E-state index contributed by atoms with van der Waals surface area (Å²) in [5, 5.41) is 3.30. The molecule has 6 heteroatoms. The van der Waals surface area contributed by atoms with Crippen LogP contribution < -0.4 is 5.32 Å². The highest BCUT2D eigenvalue weighted by atomic mass is 19.1. The van der Waals surface area contributed by atoms with Crippen LogP contribution >= 0.6 is 0 Å². The van der Waals surface area contributed by atoms with E-state index in [1.54, 1.807) is 6.20 Å². The summed E-state index contributed by atoms with van der Waals surface area (Å²) in [6.45, 7) is 2.02. The Hall–Kier alpha value is -2.34. The Morgan fingerprint density at radius 2 is 1.92 bits per heavy atom. The molecule has 3 aromatic rings. The molecule has 0 amide bonds. The topological polar surface area (TPSA) is 53.6 Å². The molecule has 4 rings (SSSR count). The van der Waals surface area contributed by atoms with Gasteiger partial charge in [0.2, 0.25) is 0 Å². The first-order valence-corrected chi connectivity index (χ1v) is 8.12. The summed E-state index contributed by atoms with van der Waals surface area (Å²) < 4.78 is 28.3. The van der Waals surface area contributed by atoms with Crippen molar-refractivity contribution < 1.29 is 8.78 Å². The van der Waals surface area contributed by atoms with E-state index in [0.717, 1.165) is 23.3 Å². The molecule has 0 spiro atoms. The Balaban J connectivity index is 1.67. The maximum atomic E-state index is 14.1. The lowest BCUT2D eigenvalue weighted by molar-refractivity contribution is 0.289. The van der Waals surface area contributed by atoms with Crippen molar-refractivity contribution in [1.82, 2.24) is 20.3 Å². The zero-order chi connectivity index (χ0) is 16.7. The van der Waals surface area contributed by atoms with Gasteiger partial charge in [-0.05, 0) is 38.0 Å². The van der Waals surface area contributed by atoms with Crippen molar-refractivity contribution >= 4 is 11.0 Å². The molecule has 2 aromatic heterocycles. The molecule has 1 fully saturated rings. The Labute approximate surface area is 138 Å². The number of hydrogen-bond acceptors (Lipinski definition) is 3. The Bertz CT molecular complexity index is 856. The van der Waals surface area contributed by atoms with Gasteiger partial charge in [-0.1, -0.05) is 6.07 Å². The van der Waals surface area contributed by atoms with Gasteiger partial charge in [0.15, 0.2) is 0 Å². The minimum atomic E-state index is -0.512. The quantitative estimate of drug-likeness (QED) is 0.752. The largest absolute Gasteiger partial charge is 0.359 e. The molecule has 0 radical (unpaired) electrons. The second kappa shape index (κ2) is 5.94. The lowest BCUT2D eigenvalue weighted by atomic mass is 9.84. The third-order valence-electron chi connectivity index (χ3n) is 4.67. The van der Waals surface area contributed by atoms with Crippen LogP contribution in [0.3, 0.4) is 0 Å². The first-order chi connectivity index (χ1) is 11.6. The zero-order valence-electron chi connectivity index (χ0n) is 13.3. The lowest BCUT2D eigenvalue weighted by Crippen LogP contribution is -2.39. The van der Waals surface area contributed by atoms with Crippen LogP contribution in [0.25, 0.3) is 11.0 Å². The van der Waals surface area contributed by atoms with Crippen molar-refractivity contribution in [3.63, 3.8) is 0 Å². The van der Waals surface area contributed by atoms with Gasteiger partial charge in [-0.2, -0.15) is 0 Å². The van der Waals surface area contributed by atoms with Crippen molar-refractivity contribution in [2.75, 3.05) is 0 Å². The Kier molecular flexibility index (Phi) is 3.76. The zero-order valence-corrected chi connectivity index (χ0v) is 13.3. The van der Waals surface area contributed by atoms with Gasteiger partial charge in [0, 0.05) is 29.8 Å². The number of H-pyrrole nitrogens is 1. The molecule has 3 atom stereocenters. The van der Waals surface area contributed by atoms with Crippen molar-refractivity contribution in [1.29, 1.82) is 0 Å². The molecule has 1 aliphatic rings. The van der Waals surface area contributed by atoms with E-state index in [9.17, 15) is 8.78 Å². The molecule has 1 aliphatic heterocycles. The number of piperidine rings is 1. The fraction of sp³-hybridized carbons (Fsp3) is 0.333. The predicted octanol–water partition coefficient (Wildman–Crippen LogP) is 3.83. The van der Waals surface area contributed by atoms with Crippen molar-refractivity contribution in [2.45, 2.75) is 37.8 Å². The van der Waals surface area contributed by atoms with Crippen LogP contribution in [0.4, 0.5) is 8.78 Å². The first-order valence-electron chi connectivity index (χ1n) is 8.12. The van der Waals surface area contributed by atoms with Crippen LogP contribution in [-0.2, 0) is 0 Å². The number of benzene rings is 1. The number of nitrogens with zero attached hydrogens (tertiary/aromatic N) is 2. The minimum Gasteiger partial charge on any atom is -0.359 e. The maximum Gasteiger partial charge on any atom is 0.132 e. The van der Waals surface area contributed by atoms with E-state index in [2.05, 4.69) is 20.3 Å². The van der Waals surface area contributed by atoms with E-state index in [0.29, 0.717) is 6.42 Å². The van der Waals surface area contributed by atoms with E-state index < -0.39 is 11.6 Å². The average Bonchev–Trinajstić information content (AvgIpc) is 3.01. The Morgan fingerprint density at radius 1 is 1.12 bits per heavy atom. The summed E-state index contributed by atoms with van der Waals surface area (Å²) >= 11 is 0. The lowest BCUT2D eigenvalue weighted by Gasteiger charge is -2.34. The van der Waals surface area contributed by atoms with Crippen molar-refractivity contribution in [3.05, 3.63) is 59.7 Å². The second-order valence-corrected chi connectivity index (χ2v) is 6.43. The highest BCUT2D eigenvalue weighted by molar-refractivity contribution is 5.73. The molecule has 24 heavy (non-hydrogen) atoms. The van der Waals surface area contributed by atoms with Crippen LogP contribution in [0.2, 0.25) is 0 Å². The molecule has 2 N–H and O–H groups in total. The standard InChI is InChI=1S/C18H18F2N4/c1-10-7-11(18-22-9-16-14(24-18)5-6-21-16)8-15(23-10)17-12(19)3-2-4-13(17)20/h2-6,9-11,15,21,23H,7-8H2,1H3. The van der Waals surface area contributed by atoms with Gasteiger partial charge in [-0.3, -0.25) is 0 Å². The van der Waals surface area contributed by atoms with Gasteiger partial charge in [-0.25, -0.2) is 18.7 Å². The molecular formula is C18H18F2N4. The molecule has 124 valence electrons. The minimum absolute atomic E-state index is 0.0598. The van der Waals surface area contributed by atoms with Gasteiger partial charge in [-0.15, -0.1) is 0 Å². The summed E-state index contributed by atoms with van der Waals surface area (Å²) in [6.07, 6.45) is 5.00. The highest BCUT2D eigenvalue weighted by Crippen LogP contribution is 2.37. The second-order valence-electron chi connectivity index (χ2n) is 6.43. The fourth-order valence-electron chi connectivity index (χ4n) is 3.60. The van der Waals surface area contributed by atoms with E-state index in [4.69, 9.17) is 0 Å². The van der Waals surface area contributed by atoms with Gasteiger partial charge in [0.25, 0.3) is 0 Å². The molecule has 3 unspecified atom stereocenters. The summed E-state index contributed by atoms with van der Waals surface area (Å²) in [7, 11) is 0. The fourth-order valence-corrected chi connectivity index (χ4v) is 3.60. The van der Waals surface area contributed by atoms with Crippen molar-refractivity contribution in [3.8, 4) is 0 Å². The predicted molar refractivity (Wildman–Crippen MR) is 87.6 cm³/mol. The molecule has 0 bridgehead atoms. The van der Waals surface area contributed by atoms with E-state index in [1.165, 1.54) is 18.2 Å². The molecule has 1 saturated heterocycles. The summed E-state index contributed by atoms with van der Waals surface area (Å²) in [5.74, 6) is -0.230. The SMILES string of the molecule is CC1CC(c2ncc3[nH]ccc3n2)CC(c2c(F)cccc2F)N1. The number of aromatic amines is 1. The molecular weight excluding hydrogens is 310 g/mol. The van der Waals surface area contributed by atoms with Gasteiger partial charge < -0.3 is 10.3 Å². The van der Waals surface area contributed by atoms with Crippen LogP contribution in [0.1, 0.15) is 43.1 Å². The van der Waals surface area contributed by atoms with Gasteiger partial charge in [0.1, 0.15) is 17.5 Å². The number of hydrogen-bond donors (Lipinski definition) is 2. The van der Waals surface area contributed by atoms with Crippen LogP contribution in [0.5, 0.6) is 0 Å². The summed E-state index contributed by atoms with van der Waals surface area (Å²) in [5.41, 5.74) is 1.86. The van der Waals surface area contributed by atoms with Gasteiger partial charge >= 0.3 is 0 Å². The molecule has 4 nitrogen and oxygen atoms in total. The monoisotopic (exact) mass is 328 g/mol. The normalized spacial score (nSPS) is 24.4. The third kappa shape index (κ3) is 2.67. The third-order valence-corrected chi connectivity index (χ3v) is 4.67. The molecule has 1 aromatic carbocycles. The summed E-state index contributed by atoms with van der Waals surface area (Å²) in [4.78, 5) is 12.1. The first kappa shape index (κ1) is 15.2. The van der Waals surface area contributed by atoms with Crippen molar-refractivity contribution in [2.24, 2.45) is 0 Å². The van der Waals surface area contributed by atoms with E-state index in [-0.39, 0.29) is 23.6 Å². The van der Waals surface area contributed by atoms with Crippen LogP contribution in [0, 0.1) is 11.6 Å². The number of aromatic nitrogens is 3. The smallest absolute Gasteiger partial charge is 0.132 e. The number of rotatable bonds is 2.